The smallest absolute Gasteiger partial charge is 0.348 e. The van der Waals surface area contributed by atoms with Crippen molar-refractivity contribution in [3.63, 3.8) is 0 Å². The lowest BCUT2D eigenvalue weighted by atomic mass is 10.1. The number of thiophene rings is 1. The Kier molecular flexibility index (Phi) is 5.68. The van der Waals surface area contributed by atoms with E-state index in [1.807, 2.05) is 14.0 Å². The second-order valence-corrected chi connectivity index (χ2v) is 8.12. The number of rotatable bonds is 5. The summed E-state index contributed by atoms with van der Waals surface area (Å²) in [5, 5.41) is 11.5. The summed E-state index contributed by atoms with van der Waals surface area (Å²) in [5.41, 5.74) is 3.50. The van der Waals surface area contributed by atoms with Gasteiger partial charge in [-0.25, -0.2) is 19.1 Å². The summed E-state index contributed by atoms with van der Waals surface area (Å²) in [7, 11) is 4.30. The number of methoxy groups -OCH3 is 2. The number of hydrogen-bond donors (Lipinski definition) is 1. The molecule has 0 spiro atoms. The summed E-state index contributed by atoms with van der Waals surface area (Å²) in [5.74, 6) is -1.87. The van der Waals surface area contributed by atoms with Crippen LogP contribution in [0.25, 0.3) is 16.9 Å². The Morgan fingerprint density at radius 1 is 1.12 bits per heavy atom. The van der Waals surface area contributed by atoms with Crippen LogP contribution in [0.3, 0.4) is 0 Å². The van der Waals surface area contributed by atoms with Crippen LogP contribution in [0.2, 0.25) is 0 Å². The number of ether oxygens (including phenoxy) is 2. The molecule has 0 saturated heterocycles. The number of esters is 2. The fourth-order valence-electron chi connectivity index (χ4n) is 3.36. The third-order valence-corrected chi connectivity index (χ3v) is 6.42. The molecule has 4 aromatic heterocycles. The van der Waals surface area contributed by atoms with Crippen molar-refractivity contribution >= 4 is 39.8 Å². The van der Waals surface area contributed by atoms with E-state index in [-0.39, 0.29) is 21.1 Å². The van der Waals surface area contributed by atoms with Gasteiger partial charge in [0.2, 0.25) is 0 Å². The van der Waals surface area contributed by atoms with E-state index >= 15 is 0 Å². The van der Waals surface area contributed by atoms with Gasteiger partial charge in [0, 0.05) is 30.6 Å². The maximum absolute atomic E-state index is 13.0. The zero-order valence-electron chi connectivity index (χ0n) is 18.5. The highest BCUT2D eigenvalue weighted by molar-refractivity contribution is 7.18. The molecule has 4 rings (SSSR count). The minimum absolute atomic E-state index is 0.0815. The quantitative estimate of drug-likeness (QED) is 0.443. The van der Waals surface area contributed by atoms with Gasteiger partial charge in [-0.2, -0.15) is 10.2 Å². The first-order valence-electron chi connectivity index (χ1n) is 9.72. The summed E-state index contributed by atoms with van der Waals surface area (Å²) >= 11 is 0.929. The van der Waals surface area contributed by atoms with Crippen LogP contribution < -0.4 is 5.32 Å². The molecule has 1 amide bonds. The molecule has 4 aromatic rings. The first kappa shape index (κ1) is 22.1. The minimum atomic E-state index is -0.680. The van der Waals surface area contributed by atoms with Crippen molar-refractivity contribution in [1.29, 1.82) is 0 Å². The molecule has 11 nitrogen and oxygen atoms in total. The highest BCUT2D eigenvalue weighted by atomic mass is 32.1. The Balaban J connectivity index is 1.73. The highest BCUT2D eigenvalue weighted by Gasteiger charge is 2.27. The van der Waals surface area contributed by atoms with Crippen molar-refractivity contribution < 1.29 is 23.9 Å². The van der Waals surface area contributed by atoms with Gasteiger partial charge in [0.15, 0.2) is 11.3 Å². The van der Waals surface area contributed by atoms with Crippen LogP contribution in [0.1, 0.15) is 41.8 Å². The second-order valence-electron chi connectivity index (χ2n) is 7.09. The van der Waals surface area contributed by atoms with E-state index in [1.54, 1.807) is 34.6 Å². The van der Waals surface area contributed by atoms with E-state index in [4.69, 9.17) is 9.47 Å². The largest absolute Gasteiger partial charge is 0.465 e. The summed E-state index contributed by atoms with van der Waals surface area (Å²) in [4.78, 5) is 41.9. The van der Waals surface area contributed by atoms with Gasteiger partial charge in [0.25, 0.3) is 5.91 Å². The molecular formula is C21H20N6O5S. The van der Waals surface area contributed by atoms with E-state index < -0.39 is 17.8 Å². The van der Waals surface area contributed by atoms with E-state index in [9.17, 15) is 14.4 Å². The van der Waals surface area contributed by atoms with Crippen LogP contribution in [0.15, 0.2) is 24.5 Å². The first-order valence-corrected chi connectivity index (χ1v) is 10.5. The van der Waals surface area contributed by atoms with Crippen LogP contribution in [0.4, 0.5) is 5.00 Å². The molecule has 33 heavy (non-hydrogen) atoms. The van der Waals surface area contributed by atoms with Crippen LogP contribution in [0.5, 0.6) is 0 Å². The number of carbonyl (C=O) groups is 3. The van der Waals surface area contributed by atoms with Gasteiger partial charge in [-0.1, -0.05) is 0 Å². The summed E-state index contributed by atoms with van der Waals surface area (Å²) in [6.45, 7) is 3.51. The van der Waals surface area contributed by atoms with Crippen molar-refractivity contribution in [1.82, 2.24) is 24.4 Å². The summed E-state index contributed by atoms with van der Waals surface area (Å²) in [6.07, 6.45) is 3.35. The fourth-order valence-corrected chi connectivity index (χ4v) is 4.47. The number of carbonyl (C=O) groups excluding carboxylic acids is 3. The fraction of sp³-hybridized carbons (Fsp3) is 0.238. The number of aromatic nitrogens is 5. The number of hydrogen-bond acceptors (Lipinski definition) is 9. The van der Waals surface area contributed by atoms with Gasteiger partial charge in [0.05, 0.1) is 31.7 Å². The average molecular weight is 468 g/mol. The third kappa shape index (κ3) is 3.74. The standard InChI is InChI=1S/C21H20N6O5S/c1-10-16(20(29)31-4)19(33-17(10)21(30)32-5)24-18(28)13-8-15-22-7-6-14(27(15)25-13)12-9-23-26(3)11(12)2/h6-9H,1-5H3,(H,24,28). The molecule has 170 valence electrons. The Labute approximate surface area is 192 Å². The lowest BCUT2D eigenvalue weighted by Crippen LogP contribution is -2.15. The van der Waals surface area contributed by atoms with Crippen LogP contribution in [0, 0.1) is 13.8 Å². The Hall–Kier alpha value is -4.06. The van der Waals surface area contributed by atoms with Crippen LogP contribution >= 0.6 is 11.3 Å². The van der Waals surface area contributed by atoms with Crippen molar-refractivity contribution in [2.45, 2.75) is 13.8 Å². The monoisotopic (exact) mass is 468 g/mol. The lowest BCUT2D eigenvalue weighted by Gasteiger charge is -2.05. The van der Waals surface area contributed by atoms with Crippen molar-refractivity contribution in [3.05, 3.63) is 51.9 Å². The van der Waals surface area contributed by atoms with Gasteiger partial charge in [-0.15, -0.1) is 11.3 Å². The molecule has 0 aromatic carbocycles. The van der Waals surface area contributed by atoms with E-state index in [1.165, 1.54) is 20.3 Å². The van der Waals surface area contributed by atoms with E-state index in [2.05, 4.69) is 20.5 Å². The number of anilines is 1. The maximum atomic E-state index is 13.0. The zero-order chi connectivity index (χ0) is 23.9. The molecule has 0 unspecified atom stereocenters. The highest BCUT2D eigenvalue weighted by Crippen LogP contribution is 2.34. The molecule has 0 saturated carbocycles. The number of fused-ring (bicyclic) bond motifs is 1. The zero-order valence-corrected chi connectivity index (χ0v) is 19.3. The van der Waals surface area contributed by atoms with Gasteiger partial charge in [-0.05, 0) is 25.5 Å². The molecule has 0 radical (unpaired) electrons. The average Bonchev–Trinajstić information content (AvgIpc) is 3.48. The minimum Gasteiger partial charge on any atom is -0.465 e. The SMILES string of the molecule is COC(=O)c1sc(NC(=O)c2cc3nccc(-c4cnn(C)c4C)n3n2)c(C(=O)OC)c1C. The predicted molar refractivity (Wildman–Crippen MR) is 120 cm³/mol. The number of aryl methyl sites for hydroxylation is 1. The van der Waals surface area contributed by atoms with Gasteiger partial charge in [0.1, 0.15) is 9.88 Å². The molecular weight excluding hydrogens is 448 g/mol. The molecule has 1 N–H and O–H groups in total. The van der Waals surface area contributed by atoms with Gasteiger partial charge < -0.3 is 14.8 Å². The molecule has 0 aliphatic carbocycles. The number of nitrogens with one attached hydrogen (secondary N) is 1. The van der Waals surface area contributed by atoms with Crippen LogP contribution in [-0.2, 0) is 16.5 Å². The Morgan fingerprint density at radius 3 is 2.48 bits per heavy atom. The van der Waals surface area contributed by atoms with Gasteiger partial charge >= 0.3 is 11.9 Å². The molecule has 0 bridgehead atoms. The topological polar surface area (TPSA) is 130 Å². The summed E-state index contributed by atoms with van der Waals surface area (Å²) in [6, 6.07) is 3.32. The second kappa shape index (κ2) is 8.47. The van der Waals surface area contributed by atoms with E-state index in [0.29, 0.717) is 11.2 Å². The van der Waals surface area contributed by atoms with Crippen molar-refractivity contribution in [2.24, 2.45) is 7.05 Å². The molecule has 0 atom stereocenters. The molecule has 12 heteroatoms. The molecule has 4 heterocycles. The Morgan fingerprint density at radius 2 is 1.85 bits per heavy atom. The Bertz CT molecular complexity index is 1420. The van der Waals surface area contributed by atoms with E-state index in [0.717, 1.165) is 28.3 Å². The molecule has 0 aliphatic heterocycles. The first-order chi connectivity index (χ1) is 15.8. The summed E-state index contributed by atoms with van der Waals surface area (Å²) < 4.78 is 12.9. The van der Waals surface area contributed by atoms with Crippen LogP contribution in [-0.4, -0.2) is 56.4 Å². The predicted octanol–water partition coefficient (Wildman–Crippen LogP) is 2.63. The molecule has 0 aliphatic rings. The van der Waals surface area contributed by atoms with Crippen molar-refractivity contribution in [3.8, 4) is 11.3 Å². The maximum Gasteiger partial charge on any atom is 0.348 e. The van der Waals surface area contributed by atoms with Gasteiger partial charge in [-0.3, -0.25) is 9.48 Å². The normalized spacial score (nSPS) is 10.9. The van der Waals surface area contributed by atoms with Crippen molar-refractivity contribution in [2.75, 3.05) is 19.5 Å². The third-order valence-electron chi connectivity index (χ3n) is 5.24. The number of nitrogens with zero attached hydrogens (tertiary/aromatic N) is 5. The molecule has 0 fully saturated rings. The number of amides is 1. The lowest BCUT2D eigenvalue weighted by molar-refractivity contribution is 0.0601.